The van der Waals surface area contributed by atoms with Crippen molar-refractivity contribution in [3.8, 4) is 5.75 Å². The first-order valence-electron chi connectivity index (χ1n) is 5.12. The van der Waals surface area contributed by atoms with Crippen molar-refractivity contribution in [1.82, 2.24) is 4.72 Å². The molecule has 0 aromatic heterocycles. The summed E-state index contributed by atoms with van der Waals surface area (Å²) in [5.41, 5.74) is 0.886. The van der Waals surface area contributed by atoms with Crippen molar-refractivity contribution in [3.63, 3.8) is 0 Å². The van der Waals surface area contributed by atoms with Gasteiger partial charge < -0.3 is 4.74 Å². The summed E-state index contributed by atoms with van der Waals surface area (Å²) in [4.78, 5) is 0. The van der Waals surface area contributed by atoms with Crippen LogP contribution in [0.1, 0.15) is 25.5 Å². The molecule has 0 amide bonds. The van der Waals surface area contributed by atoms with Gasteiger partial charge in [0.15, 0.2) is 0 Å². The van der Waals surface area contributed by atoms with Crippen molar-refractivity contribution in [2.45, 2.75) is 19.9 Å². The first-order chi connectivity index (χ1) is 7.48. The lowest BCUT2D eigenvalue weighted by atomic mass is 10.1. The van der Waals surface area contributed by atoms with Gasteiger partial charge in [-0.1, -0.05) is 12.1 Å². The zero-order valence-corrected chi connectivity index (χ0v) is 10.5. The molecule has 5 heteroatoms. The molecule has 0 aliphatic rings. The molecular weight excluding hydrogens is 226 g/mol. The van der Waals surface area contributed by atoms with E-state index in [0.717, 1.165) is 11.3 Å². The Morgan fingerprint density at radius 1 is 1.44 bits per heavy atom. The summed E-state index contributed by atoms with van der Waals surface area (Å²) < 4.78 is 30.5. The summed E-state index contributed by atoms with van der Waals surface area (Å²) in [7, 11) is -1.59. The Balaban J connectivity index is 2.84. The molecule has 1 aromatic rings. The number of ether oxygens (including phenoxy) is 1. The highest BCUT2D eigenvalue weighted by molar-refractivity contribution is 7.89. The van der Waals surface area contributed by atoms with Crippen LogP contribution in [0.5, 0.6) is 5.75 Å². The number of rotatable bonds is 5. The molecule has 0 aliphatic heterocycles. The molecule has 0 saturated heterocycles. The first-order valence-corrected chi connectivity index (χ1v) is 6.77. The fourth-order valence-corrected chi connectivity index (χ4v) is 2.17. The summed E-state index contributed by atoms with van der Waals surface area (Å²) in [5.74, 6) is 0.807. The maximum Gasteiger partial charge on any atom is 0.211 e. The number of hydrogen-bond acceptors (Lipinski definition) is 3. The number of benzene rings is 1. The van der Waals surface area contributed by atoms with E-state index in [1.165, 1.54) is 0 Å². The summed E-state index contributed by atoms with van der Waals surface area (Å²) in [6, 6.07) is 7.10. The van der Waals surface area contributed by atoms with Crippen LogP contribution in [0.15, 0.2) is 24.3 Å². The maximum atomic E-state index is 11.4. The van der Waals surface area contributed by atoms with E-state index >= 15 is 0 Å². The second-order valence-electron chi connectivity index (χ2n) is 3.52. The van der Waals surface area contributed by atoms with Crippen LogP contribution in [-0.2, 0) is 10.0 Å². The monoisotopic (exact) mass is 243 g/mol. The molecule has 16 heavy (non-hydrogen) atoms. The van der Waals surface area contributed by atoms with Crippen LogP contribution in [0.3, 0.4) is 0 Å². The Morgan fingerprint density at radius 3 is 2.69 bits per heavy atom. The number of nitrogens with one attached hydrogen (secondary N) is 1. The lowest BCUT2D eigenvalue weighted by molar-refractivity contribution is 0.413. The minimum absolute atomic E-state index is 0.0846. The molecule has 1 aromatic carbocycles. The van der Waals surface area contributed by atoms with Crippen molar-refractivity contribution in [2.24, 2.45) is 0 Å². The van der Waals surface area contributed by atoms with Crippen LogP contribution < -0.4 is 9.46 Å². The normalized spacial score (nSPS) is 13.4. The van der Waals surface area contributed by atoms with Crippen LogP contribution in [0, 0.1) is 0 Å². The largest absolute Gasteiger partial charge is 0.497 e. The van der Waals surface area contributed by atoms with Gasteiger partial charge in [0, 0.05) is 6.04 Å². The minimum atomic E-state index is -3.18. The average Bonchev–Trinajstić information content (AvgIpc) is 2.28. The van der Waals surface area contributed by atoms with Gasteiger partial charge >= 0.3 is 0 Å². The fraction of sp³-hybridized carbons (Fsp3) is 0.455. The molecule has 0 fully saturated rings. The lowest BCUT2D eigenvalue weighted by Gasteiger charge is -2.14. The predicted molar refractivity (Wildman–Crippen MR) is 64.0 cm³/mol. The quantitative estimate of drug-likeness (QED) is 0.856. The van der Waals surface area contributed by atoms with E-state index in [9.17, 15) is 8.42 Å². The smallest absolute Gasteiger partial charge is 0.211 e. The highest BCUT2D eigenvalue weighted by Crippen LogP contribution is 2.19. The predicted octanol–water partition coefficient (Wildman–Crippen LogP) is 1.70. The second-order valence-corrected chi connectivity index (χ2v) is 5.56. The third-order valence-electron chi connectivity index (χ3n) is 2.33. The number of hydrogen-bond donors (Lipinski definition) is 1. The van der Waals surface area contributed by atoms with Crippen LogP contribution in [0.2, 0.25) is 0 Å². The van der Waals surface area contributed by atoms with E-state index in [1.54, 1.807) is 14.0 Å². The van der Waals surface area contributed by atoms with Crippen molar-refractivity contribution in [3.05, 3.63) is 29.8 Å². The average molecular weight is 243 g/mol. The van der Waals surface area contributed by atoms with E-state index < -0.39 is 10.0 Å². The van der Waals surface area contributed by atoms with Crippen molar-refractivity contribution in [1.29, 1.82) is 0 Å². The van der Waals surface area contributed by atoms with Crippen molar-refractivity contribution in [2.75, 3.05) is 12.9 Å². The third kappa shape index (κ3) is 3.50. The fourth-order valence-electron chi connectivity index (χ4n) is 1.33. The summed E-state index contributed by atoms with van der Waals surface area (Å²) >= 11 is 0. The van der Waals surface area contributed by atoms with Crippen LogP contribution in [0.25, 0.3) is 0 Å². The zero-order chi connectivity index (χ0) is 12.2. The lowest BCUT2D eigenvalue weighted by Crippen LogP contribution is -2.28. The van der Waals surface area contributed by atoms with Gasteiger partial charge in [0.25, 0.3) is 0 Å². The van der Waals surface area contributed by atoms with Gasteiger partial charge in [-0.15, -0.1) is 0 Å². The Labute approximate surface area is 96.7 Å². The minimum Gasteiger partial charge on any atom is -0.497 e. The third-order valence-corrected chi connectivity index (χ3v) is 3.80. The van der Waals surface area contributed by atoms with E-state index in [0.29, 0.717) is 0 Å². The molecule has 1 rings (SSSR count). The van der Waals surface area contributed by atoms with Crippen molar-refractivity contribution < 1.29 is 13.2 Å². The van der Waals surface area contributed by atoms with Gasteiger partial charge in [0.05, 0.1) is 12.9 Å². The van der Waals surface area contributed by atoms with E-state index in [2.05, 4.69) is 4.72 Å². The van der Waals surface area contributed by atoms with Gasteiger partial charge in [-0.2, -0.15) is 0 Å². The highest BCUT2D eigenvalue weighted by Gasteiger charge is 2.13. The summed E-state index contributed by atoms with van der Waals surface area (Å²) in [6.07, 6.45) is 0. The Morgan fingerprint density at radius 2 is 2.12 bits per heavy atom. The number of methoxy groups -OCH3 is 1. The molecule has 4 nitrogen and oxygen atoms in total. The Bertz CT molecular complexity index is 442. The Hall–Kier alpha value is -1.07. The van der Waals surface area contributed by atoms with Crippen LogP contribution >= 0.6 is 0 Å². The van der Waals surface area contributed by atoms with E-state index in [4.69, 9.17) is 4.74 Å². The second kappa shape index (κ2) is 5.32. The maximum absolute atomic E-state index is 11.4. The molecule has 90 valence electrons. The van der Waals surface area contributed by atoms with Crippen molar-refractivity contribution >= 4 is 10.0 Å². The molecule has 1 unspecified atom stereocenters. The zero-order valence-electron chi connectivity index (χ0n) is 9.73. The van der Waals surface area contributed by atoms with Gasteiger partial charge in [0.2, 0.25) is 10.0 Å². The molecular formula is C11H17NO3S. The molecule has 0 aliphatic carbocycles. The van der Waals surface area contributed by atoms with Gasteiger partial charge in [0.1, 0.15) is 5.75 Å². The molecule has 0 spiro atoms. The standard InChI is InChI=1S/C11H17NO3S/c1-4-16(13,14)12-9(2)10-6-5-7-11(8-10)15-3/h5-9,12H,4H2,1-3H3. The Kier molecular flexibility index (Phi) is 4.32. The first kappa shape index (κ1) is 13.0. The van der Waals surface area contributed by atoms with Crippen LogP contribution in [0.4, 0.5) is 0 Å². The molecule has 1 N–H and O–H groups in total. The van der Waals surface area contributed by atoms with E-state index in [-0.39, 0.29) is 11.8 Å². The van der Waals surface area contributed by atoms with E-state index in [1.807, 2.05) is 31.2 Å². The van der Waals surface area contributed by atoms with Gasteiger partial charge in [-0.25, -0.2) is 13.1 Å². The van der Waals surface area contributed by atoms with Crippen LogP contribution in [-0.4, -0.2) is 21.3 Å². The SMILES string of the molecule is CCS(=O)(=O)NC(C)c1cccc(OC)c1. The summed E-state index contributed by atoms with van der Waals surface area (Å²) in [6.45, 7) is 3.42. The molecule has 0 saturated carbocycles. The molecule has 0 heterocycles. The molecule has 0 radical (unpaired) electrons. The summed E-state index contributed by atoms with van der Waals surface area (Å²) in [5, 5.41) is 0. The van der Waals surface area contributed by atoms with Gasteiger partial charge in [-0.05, 0) is 31.5 Å². The van der Waals surface area contributed by atoms with Gasteiger partial charge in [-0.3, -0.25) is 0 Å². The number of sulfonamides is 1. The highest BCUT2D eigenvalue weighted by atomic mass is 32.2. The molecule has 1 atom stereocenters. The molecule has 0 bridgehead atoms. The topological polar surface area (TPSA) is 55.4 Å².